The topological polar surface area (TPSA) is 124 Å². The molecule has 0 spiro atoms. The molecule has 1 aliphatic heterocycles. The summed E-state index contributed by atoms with van der Waals surface area (Å²) in [6.07, 6.45) is 3.81. The van der Waals surface area contributed by atoms with Crippen LogP contribution in [0.25, 0.3) is 5.65 Å². The van der Waals surface area contributed by atoms with Gasteiger partial charge in [-0.1, -0.05) is 18.2 Å². The van der Waals surface area contributed by atoms with E-state index in [0.717, 1.165) is 46.4 Å². The lowest BCUT2D eigenvalue weighted by Crippen LogP contribution is -2.30. The summed E-state index contributed by atoms with van der Waals surface area (Å²) in [5, 5.41) is 10.2. The molecule has 4 aromatic rings. The SMILES string of the molecule is COC(=O)c1ccc2c(c1C)CC[C@@H]2NC(=O)c1cc(C(=O)NCc2ccc3c(c2)CCO3)nc2ccnn12. The number of hydrogen-bond acceptors (Lipinski definition) is 7. The molecule has 0 radical (unpaired) electrons. The van der Waals surface area contributed by atoms with Crippen LogP contribution >= 0.6 is 0 Å². The molecule has 0 saturated heterocycles. The average Bonchev–Trinajstić information content (AvgIpc) is 3.70. The molecule has 0 fully saturated rings. The first-order valence-electron chi connectivity index (χ1n) is 12.8. The van der Waals surface area contributed by atoms with Crippen LogP contribution in [0.1, 0.15) is 71.6 Å². The molecule has 2 N–H and O–H groups in total. The molecule has 0 bridgehead atoms. The number of esters is 1. The van der Waals surface area contributed by atoms with Crippen molar-refractivity contribution in [1.82, 2.24) is 25.2 Å². The van der Waals surface area contributed by atoms with Gasteiger partial charge in [0.1, 0.15) is 17.1 Å². The van der Waals surface area contributed by atoms with Gasteiger partial charge < -0.3 is 20.1 Å². The van der Waals surface area contributed by atoms with Gasteiger partial charge in [0, 0.05) is 25.1 Å². The summed E-state index contributed by atoms with van der Waals surface area (Å²) < 4.78 is 11.9. The van der Waals surface area contributed by atoms with Crippen molar-refractivity contribution in [2.24, 2.45) is 0 Å². The number of amides is 2. The third-order valence-electron chi connectivity index (χ3n) is 7.44. The zero-order valence-corrected chi connectivity index (χ0v) is 21.6. The van der Waals surface area contributed by atoms with Gasteiger partial charge in [-0.15, -0.1) is 0 Å². The van der Waals surface area contributed by atoms with E-state index in [4.69, 9.17) is 9.47 Å². The predicted molar refractivity (Wildman–Crippen MR) is 141 cm³/mol. The summed E-state index contributed by atoms with van der Waals surface area (Å²) in [6, 6.07) is 12.3. The molecule has 39 heavy (non-hydrogen) atoms. The molecule has 198 valence electrons. The van der Waals surface area contributed by atoms with Gasteiger partial charge in [0.05, 0.1) is 31.5 Å². The van der Waals surface area contributed by atoms with E-state index >= 15 is 0 Å². The highest BCUT2D eigenvalue weighted by Crippen LogP contribution is 2.35. The van der Waals surface area contributed by atoms with Gasteiger partial charge in [0.25, 0.3) is 11.8 Å². The summed E-state index contributed by atoms with van der Waals surface area (Å²) in [4.78, 5) is 43.0. The second-order valence-electron chi connectivity index (χ2n) is 9.71. The molecule has 1 atom stereocenters. The van der Waals surface area contributed by atoms with Crippen molar-refractivity contribution >= 4 is 23.4 Å². The summed E-state index contributed by atoms with van der Waals surface area (Å²) in [5.74, 6) is -0.248. The van der Waals surface area contributed by atoms with Crippen LogP contribution in [0.4, 0.5) is 0 Å². The zero-order valence-electron chi connectivity index (χ0n) is 21.6. The molecule has 0 saturated carbocycles. The fourth-order valence-electron chi connectivity index (χ4n) is 5.41. The van der Waals surface area contributed by atoms with Crippen molar-refractivity contribution in [3.05, 3.63) is 93.4 Å². The number of hydrogen-bond donors (Lipinski definition) is 2. The Morgan fingerprint density at radius 3 is 2.82 bits per heavy atom. The zero-order chi connectivity index (χ0) is 27.1. The first-order chi connectivity index (χ1) is 18.9. The first-order valence-corrected chi connectivity index (χ1v) is 12.8. The lowest BCUT2D eigenvalue weighted by atomic mass is 9.98. The molecule has 3 heterocycles. The highest BCUT2D eigenvalue weighted by atomic mass is 16.5. The van der Waals surface area contributed by atoms with E-state index in [0.29, 0.717) is 30.8 Å². The summed E-state index contributed by atoms with van der Waals surface area (Å²) in [5.41, 5.74) is 6.23. The first kappa shape index (κ1) is 24.6. The Morgan fingerprint density at radius 1 is 1.10 bits per heavy atom. The Hall–Kier alpha value is -4.73. The van der Waals surface area contributed by atoms with E-state index in [9.17, 15) is 14.4 Å². The van der Waals surface area contributed by atoms with Crippen molar-refractivity contribution in [1.29, 1.82) is 0 Å². The molecular weight excluding hydrogens is 498 g/mol. The minimum absolute atomic E-state index is 0.128. The van der Waals surface area contributed by atoms with Crippen molar-refractivity contribution in [3.8, 4) is 5.75 Å². The lowest BCUT2D eigenvalue weighted by molar-refractivity contribution is 0.0599. The fraction of sp³-hybridized carbons (Fsp3) is 0.276. The molecule has 6 rings (SSSR count). The Bertz CT molecular complexity index is 1640. The lowest BCUT2D eigenvalue weighted by Gasteiger charge is -2.16. The van der Waals surface area contributed by atoms with Crippen LogP contribution in [0, 0.1) is 6.92 Å². The Balaban J connectivity index is 1.21. The van der Waals surface area contributed by atoms with E-state index in [-0.39, 0.29) is 35.2 Å². The van der Waals surface area contributed by atoms with Gasteiger partial charge in [0.2, 0.25) is 0 Å². The standard InChI is InChI=1S/C29H27N5O5/c1-16-19-6-7-22(21(19)5-4-20(16)29(37)38-2)33-28(36)24-14-23(32-26-9-11-31-34(24)26)27(35)30-15-17-3-8-25-18(13-17)10-12-39-25/h3-5,8-9,11,13-14,22H,6-7,10,12,15H2,1-2H3,(H,30,35)(H,33,36)/t22-/m0/s1. The molecule has 1 aliphatic carbocycles. The number of methoxy groups -OCH3 is 1. The maximum atomic E-state index is 13.5. The third kappa shape index (κ3) is 4.47. The van der Waals surface area contributed by atoms with E-state index in [1.807, 2.05) is 31.2 Å². The Labute approximate surface area is 224 Å². The van der Waals surface area contributed by atoms with Gasteiger partial charge in [-0.2, -0.15) is 5.10 Å². The van der Waals surface area contributed by atoms with Crippen molar-refractivity contribution in [3.63, 3.8) is 0 Å². The quantitative estimate of drug-likeness (QED) is 0.371. The van der Waals surface area contributed by atoms with Crippen LogP contribution in [0.15, 0.2) is 48.7 Å². The third-order valence-corrected chi connectivity index (χ3v) is 7.44. The smallest absolute Gasteiger partial charge is 0.338 e. The van der Waals surface area contributed by atoms with E-state index in [1.165, 1.54) is 23.9 Å². The van der Waals surface area contributed by atoms with E-state index < -0.39 is 0 Å². The number of fused-ring (bicyclic) bond motifs is 3. The Kier molecular flexibility index (Phi) is 6.22. The molecular formula is C29H27N5O5. The Morgan fingerprint density at radius 2 is 1.97 bits per heavy atom. The average molecular weight is 526 g/mol. The second-order valence-corrected chi connectivity index (χ2v) is 9.71. The van der Waals surface area contributed by atoms with Gasteiger partial charge in [-0.25, -0.2) is 14.3 Å². The summed E-state index contributed by atoms with van der Waals surface area (Å²) >= 11 is 0. The van der Waals surface area contributed by atoms with Crippen LogP contribution in [0.2, 0.25) is 0 Å². The maximum absolute atomic E-state index is 13.5. The number of ether oxygens (including phenoxy) is 2. The summed E-state index contributed by atoms with van der Waals surface area (Å²) in [7, 11) is 1.36. The van der Waals surface area contributed by atoms with Crippen LogP contribution < -0.4 is 15.4 Å². The number of nitrogens with one attached hydrogen (secondary N) is 2. The van der Waals surface area contributed by atoms with Crippen LogP contribution in [0.3, 0.4) is 0 Å². The number of carbonyl (C=O) groups is 3. The highest BCUT2D eigenvalue weighted by Gasteiger charge is 2.29. The maximum Gasteiger partial charge on any atom is 0.338 e. The van der Waals surface area contributed by atoms with E-state index in [2.05, 4.69) is 20.7 Å². The normalized spacial score (nSPS) is 15.4. The van der Waals surface area contributed by atoms with Crippen LogP contribution in [0.5, 0.6) is 5.75 Å². The van der Waals surface area contributed by atoms with Crippen LogP contribution in [-0.2, 0) is 24.1 Å². The molecule has 2 amide bonds. The van der Waals surface area contributed by atoms with Crippen molar-refractivity contribution < 1.29 is 23.9 Å². The minimum Gasteiger partial charge on any atom is -0.493 e. The second kappa shape index (κ2) is 9.86. The van der Waals surface area contributed by atoms with Gasteiger partial charge in [-0.3, -0.25) is 9.59 Å². The molecule has 10 nitrogen and oxygen atoms in total. The predicted octanol–water partition coefficient (Wildman–Crippen LogP) is 3.11. The largest absolute Gasteiger partial charge is 0.493 e. The number of carbonyl (C=O) groups excluding carboxylic acids is 3. The molecule has 2 aromatic carbocycles. The molecule has 2 aliphatic rings. The van der Waals surface area contributed by atoms with Crippen LogP contribution in [-0.4, -0.2) is 46.1 Å². The summed E-state index contributed by atoms with van der Waals surface area (Å²) in [6.45, 7) is 2.89. The van der Waals surface area contributed by atoms with Gasteiger partial charge in [0.15, 0.2) is 5.65 Å². The number of aromatic nitrogens is 3. The molecule has 2 aromatic heterocycles. The fourth-order valence-corrected chi connectivity index (χ4v) is 5.41. The number of nitrogens with zero attached hydrogens (tertiary/aromatic N) is 3. The molecule has 0 unspecified atom stereocenters. The number of benzene rings is 2. The van der Waals surface area contributed by atoms with E-state index in [1.54, 1.807) is 12.1 Å². The monoisotopic (exact) mass is 525 g/mol. The van der Waals surface area contributed by atoms with Crippen molar-refractivity contribution in [2.75, 3.05) is 13.7 Å². The minimum atomic E-state index is -0.387. The van der Waals surface area contributed by atoms with Gasteiger partial charge in [-0.05, 0) is 59.7 Å². The number of rotatable bonds is 6. The van der Waals surface area contributed by atoms with Gasteiger partial charge >= 0.3 is 5.97 Å². The van der Waals surface area contributed by atoms with Crippen molar-refractivity contribution in [2.45, 2.75) is 38.8 Å². The molecule has 10 heteroatoms. The highest BCUT2D eigenvalue weighted by molar-refractivity contribution is 5.98.